The van der Waals surface area contributed by atoms with Crippen LogP contribution in [-0.2, 0) is 15.3 Å². The van der Waals surface area contributed by atoms with E-state index in [0.29, 0.717) is 22.4 Å². The predicted molar refractivity (Wildman–Crippen MR) is 128 cm³/mol. The molecule has 1 aliphatic heterocycles. The summed E-state index contributed by atoms with van der Waals surface area (Å²) in [5, 5.41) is 28.3. The van der Waals surface area contributed by atoms with E-state index in [-0.39, 0.29) is 27.9 Å². The first kappa shape index (κ1) is 26.1. The third-order valence-corrected chi connectivity index (χ3v) is 6.80. The smallest absolute Gasteiger partial charge is 0.305 e. The highest BCUT2D eigenvalue weighted by atomic mass is 32.2. The maximum absolute atomic E-state index is 13.2. The number of aliphatic carboxylic acids is 1. The first-order valence-electron chi connectivity index (χ1n) is 10.0. The van der Waals surface area contributed by atoms with E-state index in [9.17, 15) is 23.6 Å². The lowest BCUT2D eigenvalue weighted by molar-refractivity contribution is -0.138. The maximum Gasteiger partial charge on any atom is 0.305 e. The van der Waals surface area contributed by atoms with Crippen LogP contribution in [0.3, 0.4) is 0 Å². The molecule has 0 saturated carbocycles. The summed E-state index contributed by atoms with van der Waals surface area (Å²) < 4.78 is 31.7. The van der Waals surface area contributed by atoms with Gasteiger partial charge in [-0.3, -0.25) is 9.59 Å². The Bertz CT molecular complexity index is 1250. The van der Waals surface area contributed by atoms with Crippen molar-refractivity contribution in [1.29, 1.82) is 5.26 Å². The number of alkyl halides is 2. The molecular formula is C22H19F2N5O4S2. The molecule has 2 heterocycles. The number of hydrogen-bond acceptors (Lipinski definition) is 9. The average molecular weight is 520 g/mol. The van der Waals surface area contributed by atoms with Gasteiger partial charge >= 0.3 is 5.97 Å². The minimum Gasteiger partial charge on any atom is -0.496 e. The summed E-state index contributed by atoms with van der Waals surface area (Å²) in [5.41, 5.74) is 1.63. The van der Waals surface area contributed by atoms with Crippen LogP contribution in [0.4, 0.5) is 8.78 Å². The van der Waals surface area contributed by atoms with E-state index in [1.54, 1.807) is 25.1 Å². The van der Waals surface area contributed by atoms with E-state index < -0.39 is 29.2 Å². The summed E-state index contributed by atoms with van der Waals surface area (Å²) in [5.74, 6) is -0.683. The number of hydrogen-bond donors (Lipinski definition) is 2. The third kappa shape index (κ3) is 6.77. The molecule has 3 rings (SSSR count). The average Bonchev–Trinajstić information content (AvgIpc) is 3.15. The second-order valence-electron chi connectivity index (χ2n) is 7.16. The topological polar surface area (TPSA) is 137 Å². The van der Waals surface area contributed by atoms with E-state index in [0.717, 1.165) is 23.5 Å². The highest BCUT2D eigenvalue weighted by Crippen LogP contribution is 2.32. The quantitative estimate of drug-likeness (QED) is 0.289. The molecule has 1 aromatic heterocycles. The lowest BCUT2D eigenvalue weighted by Crippen LogP contribution is -2.26. The zero-order chi connectivity index (χ0) is 25.5. The predicted octanol–water partition coefficient (Wildman–Crippen LogP) is 3.90. The summed E-state index contributed by atoms with van der Waals surface area (Å²) in [6.45, 7) is 1.59. The van der Waals surface area contributed by atoms with Gasteiger partial charge in [-0.25, -0.2) is 13.8 Å². The number of halogens is 2. The van der Waals surface area contributed by atoms with Crippen LogP contribution in [0.1, 0.15) is 40.8 Å². The Morgan fingerprint density at radius 1 is 1.46 bits per heavy atom. The van der Waals surface area contributed by atoms with Gasteiger partial charge in [-0.15, -0.1) is 16.9 Å². The van der Waals surface area contributed by atoms with Crippen molar-refractivity contribution in [2.24, 2.45) is 10.2 Å². The minimum atomic E-state index is -2.75. The van der Waals surface area contributed by atoms with Crippen LogP contribution in [0.25, 0.3) is 0 Å². The number of carboxylic acid groups (broad SMARTS) is 1. The summed E-state index contributed by atoms with van der Waals surface area (Å²) >= 11 is 2.13. The number of amides is 1. The van der Waals surface area contributed by atoms with Crippen molar-refractivity contribution in [3.63, 3.8) is 0 Å². The van der Waals surface area contributed by atoms with Gasteiger partial charge in [-0.1, -0.05) is 11.8 Å². The van der Waals surface area contributed by atoms with Crippen LogP contribution in [0, 0.1) is 18.3 Å². The van der Waals surface area contributed by atoms with E-state index in [1.165, 1.54) is 19.4 Å². The summed E-state index contributed by atoms with van der Waals surface area (Å²) in [6, 6.07) is 8.42. The number of amidine groups is 1. The Balaban J connectivity index is 1.76. The maximum atomic E-state index is 13.2. The number of benzene rings is 1. The number of pyridine rings is 1. The number of thioether (sulfide) groups is 2. The Hall–Kier alpha value is -3.50. The standard InChI is InChI=1S/C22H19F2N5O4S2/c1-11-5-15(19(23)24)27-21(14(11)8-25)34-10-13-6-12(3-4-16(13)33-2)9-26-29-22-28-20(32)17(35-22)7-18(30)31/h3-6,9,17,19H,7,10H2,1-2H3,(H,30,31)(H,28,29,32). The van der Waals surface area contributed by atoms with Gasteiger partial charge in [-0.05, 0) is 42.3 Å². The van der Waals surface area contributed by atoms with E-state index in [2.05, 4.69) is 20.5 Å². The summed E-state index contributed by atoms with van der Waals surface area (Å²) in [4.78, 5) is 26.5. The Morgan fingerprint density at radius 3 is 2.89 bits per heavy atom. The van der Waals surface area contributed by atoms with Gasteiger partial charge in [0.25, 0.3) is 6.43 Å². The summed E-state index contributed by atoms with van der Waals surface area (Å²) in [6.07, 6.45) is -1.63. The van der Waals surface area contributed by atoms with Crippen molar-refractivity contribution in [2.75, 3.05) is 7.11 Å². The van der Waals surface area contributed by atoms with E-state index in [4.69, 9.17) is 9.84 Å². The Morgan fingerprint density at radius 2 is 2.23 bits per heavy atom. The van der Waals surface area contributed by atoms with Crippen molar-refractivity contribution in [3.8, 4) is 11.8 Å². The van der Waals surface area contributed by atoms with Crippen molar-refractivity contribution in [3.05, 3.63) is 52.2 Å². The molecule has 2 N–H and O–H groups in total. The van der Waals surface area contributed by atoms with Gasteiger partial charge in [-0.2, -0.15) is 10.4 Å². The Labute approximate surface area is 207 Å². The molecule has 1 saturated heterocycles. The van der Waals surface area contributed by atoms with Crippen molar-refractivity contribution in [1.82, 2.24) is 10.3 Å². The zero-order valence-electron chi connectivity index (χ0n) is 18.5. The van der Waals surface area contributed by atoms with Gasteiger partial charge in [0.05, 0.1) is 25.3 Å². The number of nitrogens with one attached hydrogen (secondary N) is 1. The number of aryl methyl sites for hydroxylation is 1. The fourth-order valence-corrected chi connectivity index (χ4v) is 5.01. The lowest BCUT2D eigenvalue weighted by Gasteiger charge is -2.11. The van der Waals surface area contributed by atoms with Crippen molar-refractivity contribution < 1.29 is 28.2 Å². The van der Waals surface area contributed by atoms with Crippen LogP contribution < -0.4 is 10.1 Å². The van der Waals surface area contributed by atoms with Crippen molar-refractivity contribution in [2.45, 2.75) is 35.8 Å². The van der Waals surface area contributed by atoms with Gasteiger partial charge in [0, 0.05) is 11.3 Å². The number of ether oxygens (including phenoxy) is 1. The Kier molecular flexibility index (Phi) is 8.78. The number of rotatable bonds is 9. The molecular weight excluding hydrogens is 500 g/mol. The zero-order valence-corrected chi connectivity index (χ0v) is 20.1. The highest BCUT2D eigenvalue weighted by molar-refractivity contribution is 8.15. The molecule has 1 fully saturated rings. The number of nitriles is 1. The third-order valence-electron chi connectivity index (χ3n) is 4.70. The molecule has 2 aromatic rings. The van der Waals surface area contributed by atoms with Crippen LogP contribution in [-0.4, -0.2) is 45.7 Å². The molecule has 9 nitrogen and oxygen atoms in total. The van der Waals surface area contributed by atoms with Gasteiger partial charge in [0.1, 0.15) is 27.8 Å². The van der Waals surface area contributed by atoms with Crippen molar-refractivity contribution >= 4 is 46.8 Å². The minimum absolute atomic E-state index is 0.200. The van der Waals surface area contributed by atoms with Crippen LogP contribution in [0.2, 0.25) is 0 Å². The van der Waals surface area contributed by atoms with Gasteiger partial charge in [0.2, 0.25) is 5.91 Å². The molecule has 0 radical (unpaired) electrons. The van der Waals surface area contributed by atoms with Crippen LogP contribution in [0.5, 0.6) is 5.75 Å². The number of carboxylic acids is 1. The lowest BCUT2D eigenvalue weighted by atomic mass is 10.1. The molecule has 35 heavy (non-hydrogen) atoms. The monoisotopic (exact) mass is 519 g/mol. The largest absolute Gasteiger partial charge is 0.496 e. The molecule has 1 unspecified atom stereocenters. The second-order valence-corrected chi connectivity index (χ2v) is 9.32. The molecule has 1 amide bonds. The second kappa shape index (κ2) is 11.8. The number of carbonyl (C=O) groups excluding carboxylic acids is 1. The first-order chi connectivity index (χ1) is 16.7. The molecule has 0 aliphatic carbocycles. The highest BCUT2D eigenvalue weighted by Gasteiger charge is 2.32. The first-order valence-corrected chi connectivity index (χ1v) is 11.9. The van der Waals surface area contributed by atoms with Gasteiger partial charge < -0.3 is 15.2 Å². The van der Waals surface area contributed by atoms with E-state index in [1.807, 2.05) is 6.07 Å². The normalized spacial score (nSPS) is 16.6. The fourth-order valence-electron chi connectivity index (χ4n) is 3.05. The molecule has 1 atom stereocenters. The number of nitrogens with zero attached hydrogens (tertiary/aromatic N) is 4. The molecule has 182 valence electrons. The van der Waals surface area contributed by atoms with Crippen LogP contribution >= 0.6 is 23.5 Å². The number of aromatic nitrogens is 1. The molecule has 0 bridgehead atoms. The number of methoxy groups -OCH3 is 1. The van der Waals surface area contributed by atoms with Gasteiger partial charge in [0.15, 0.2) is 5.17 Å². The van der Waals surface area contributed by atoms with Crippen LogP contribution in [0.15, 0.2) is 39.5 Å². The fraction of sp³-hybridized carbons (Fsp3) is 0.273. The SMILES string of the molecule is COc1ccc(C=NN=C2NC(=O)C(CC(=O)O)S2)cc1CSc1nc(C(F)F)cc(C)c1C#N. The molecule has 1 aromatic carbocycles. The molecule has 13 heteroatoms. The molecule has 0 spiro atoms. The number of carbonyl (C=O) groups is 2. The summed E-state index contributed by atoms with van der Waals surface area (Å²) in [7, 11) is 1.50. The van der Waals surface area contributed by atoms with E-state index >= 15 is 0 Å². The molecule has 1 aliphatic rings.